The first-order valence-electron chi connectivity index (χ1n) is 16.4. The number of aliphatic hydroxyl groups excluding tert-OH is 1. The molecule has 50 heavy (non-hydrogen) atoms. The first kappa shape index (κ1) is 39.5. The average Bonchev–Trinajstić information content (AvgIpc) is 3.07. The number of phenols is 1. The highest BCUT2D eigenvalue weighted by Crippen LogP contribution is 2.32. The molecule has 1 fully saturated rings. The minimum atomic E-state index is -1.76. The maximum Gasteiger partial charge on any atom is 0.348 e. The van der Waals surface area contributed by atoms with Gasteiger partial charge in [0.2, 0.25) is 18.6 Å². The second-order valence-electron chi connectivity index (χ2n) is 13.2. The van der Waals surface area contributed by atoms with Gasteiger partial charge in [-0.05, 0) is 44.9 Å². The minimum Gasteiger partial charge on any atom is -0.505 e. The van der Waals surface area contributed by atoms with Crippen LogP contribution >= 0.6 is 0 Å². The number of nitrogens with one attached hydrogen (secondary N) is 2. The van der Waals surface area contributed by atoms with E-state index in [1.807, 2.05) is 0 Å². The van der Waals surface area contributed by atoms with Gasteiger partial charge in [-0.15, -0.1) is 0 Å². The van der Waals surface area contributed by atoms with Gasteiger partial charge < -0.3 is 39.8 Å². The highest BCUT2D eigenvalue weighted by molar-refractivity contribution is 6.01. The number of hydrogen-bond acceptors (Lipinski definition) is 12. The van der Waals surface area contributed by atoms with Crippen LogP contribution in [0.15, 0.2) is 48.5 Å². The molecule has 1 aliphatic rings. The lowest BCUT2D eigenvalue weighted by molar-refractivity contribution is -0.190. The minimum absolute atomic E-state index is 0.0305. The molecule has 0 aromatic heterocycles. The van der Waals surface area contributed by atoms with E-state index >= 15 is 0 Å². The Labute approximate surface area is 290 Å². The van der Waals surface area contributed by atoms with E-state index < -0.39 is 89.3 Å². The standard InChI is InChI=1S/C36H46N2O12/c1-8-20(4)29-34(45)47-21(5)26(38-31(42)23-15-12-16-24(27(23)40)37-18-39)32(43)49-28(19(2)3)33(44)48-25(17-22-13-10-9-11-14-22)30(41)36(6,7)35(46)50-29/h9-16,18-21,25-26,28-30,40-41H,8,17H2,1-7H3,(H,37,39)(H,38,42)/t20?,21-,25?,26+,28+,29?,30+/m1/s1. The van der Waals surface area contributed by atoms with Crippen molar-refractivity contribution in [2.75, 3.05) is 5.32 Å². The molecule has 0 saturated carbocycles. The van der Waals surface area contributed by atoms with E-state index in [1.54, 1.807) is 58.0 Å². The number of anilines is 1. The highest BCUT2D eigenvalue weighted by atomic mass is 16.6. The van der Waals surface area contributed by atoms with E-state index in [9.17, 15) is 39.0 Å². The zero-order valence-electron chi connectivity index (χ0n) is 29.2. The van der Waals surface area contributed by atoms with Crippen molar-refractivity contribution in [3.63, 3.8) is 0 Å². The number of phenolic OH excluding ortho intramolecular Hbond substituents is 1. The van der Waals surface area contributed by atoms with Gasteiger partial charge in [-0.3, -0.25) is 14.4 Å². The van der Waals surface area contributed by atoms with Gasteiger partial charge in [0.15, 0.2) is 11.8 Å². The molecule has 2 aromatic carbocycles. The summed E-state index contributed by atoms with van der Waals surface area (Å²) in [4.78, 5) is 79.3. The summed E-state index contributed by atoms with van der Waals surface area (Å²) in [6.45, 7) is 10.6. The van der Waals surface area contributed by atoms with Crippen molar-refractivity contribution >= 4 is 41.9 Å². The van der Waals surface area contributed by atoms with E-state index in [2.05, 4.69) is 10.6 Å². The number of cyclic esters (lactones) is 4. The van der Waals surface area contributed by atoms with Crippen molar-refractivity contribution in [1.82, 2.24) is 5.32 Å². The zero-order valence-corrected chi connectivity index (χ0v) is 29.2. The molecule has 1 saturated heterocycles. The van der Waals surface area contributed by atoms with Crippen LogP contribution in [0.25, 0.3) is 0 Å². The summed E-state index contributed by atoms with van der Waals surface area (Å²) in [5, 5.41) is 26.9. The Morgan fingerprint density at radius 1 is 0.900 bits per heavy atom. The molecule has 2 aromatic rings. The second-order valence-corrected chi connectivity index (χ2v) is 13.2. The summed E-state index contributed by atoms with van der Waals surface area (Å²) in [5.41, 5.74) is -1.48. The third-order valence-corrected chi connectivity index (χ3v) is 8.68. The van der Waals surface area contributed by atoms with Crippen molar-refractivity contribution in [1.29, 1.82) is 0 Å². The van der Waals surface area contributed by atoms with Crippen molar-refractivity contribution in [2.24, 2.45) is 17.3 Å². The van der Waals surface area contributed by atoms with Crippen LogP contribution in [0.3, 0.4) is 0 Å². The summed E-state index contributed by atoms with van der Waals surface area (Å²) in [6.07, 6.45) is -6.89. The Morgan fingerprint density at radius 3 is 2.14 bits per heavy atom. The van der Waals surface area contributed by atoms with Crippen LogP contribution < -0.4 is 10.6 Å². The van der Waals surface area contributed by atoms with Crippen LogP contribution in [0.2, 0.25) is 0 Å². The predicted molar refractivity (Wildman–Crippen MR) is 178 cm³/mol. The molecule has 272 valence electrons. The Kier molecular flexibility index (Phi) is 13.5. The third-order valence-electron chi connectivity index (χ3n) is 8.68. The summed E-state index contributed by atoms with van der Waals surface area (Å²) >= 11 is 0. The molecular formula is C36H46N2O12. The summed E-state index contributed by atoms with van der Waals surface area (Å²) in [6, 6.07) is 10.9. The second kappa shape index (κ2) is 17.1. The lowest BCUT2D eigenvalue weighted by Crippen LogP contribution is -2.52. The van der Waals surface area contributed by atoms with Crippen molar-refractivity contribution in [2.45, 2.75) is 97.9 Å². The van der Waals surface area contributed by atoms with Gasteiger partial charge >= 0.3 is 23.9 Å². The molecule has 3 rings (SSSR count). The zero-order chi connectivity index (χ0) is 37.3. The molecule has 0 spiro atoms. The fourth-order valence-corrected chi connectivity index (χ4v) is 5.21. The molecule has 14 nitrogen and oxygen atoms in total. The molecule has 0 radical (unpaired) electrons. The van der Waals surface area contributed by atoms with Crippen LogP contribution in [0, 0.1) is 17.3 Å². The average molecular weight is 699 g/mol. The van der Waals surface area contributed by atoms with Crippen molar-refractivity contribution in [3.05, 3.63) is 59.7 Å². The number of carbonyl (C=O) groups is 6. The Balaban J connectivity index is 2.12. The van der Waals surface area contributed by atoms with E-state index in [0.717, 1.165) is 0 Å². The van der Waals surface area contributed by atoms with Gasteiger partial charge in [0.05, 0.1) is 16.7 Å². The smallest absolute Gasteiger partial charge is 0.348 e. The van der Waals surface area contributed by atoms with Crippen LogP contribution in [0.1, 0.15) is 70.8 Å². The molecule has 2 amide bonds. The molecule has 4 N–H and O–H groups in total. The monoisotopic (exact) mass is 698 g/mol. The molecule has 14 heteroatoms. The van der Waals surface area contributed by atoms with Gasteiger partial charge in [-0.1, -0.05) is 64.1 Å². The van der Waals surface area contributed by atoms with Crippen LogP contribution in [-0.4, -0.2) is 83.0 Å². The quantitative estimate of drug-likeness (QED) is 0.129. The summed E-state index contributed by atoms with van der Waals surface area (Å²) in [7, 11) is 0. The van der Waals surface area contributed by atoms with Gasteiger partial charge in [-0.25, -0.2) is 14.4 Å². The first-order valence-corrected chi connectivity index (χ1v) is 16.4. The summed E-state index contributed by atoms with van der Waals surface area (Å²) in [5.74, 6) is -7.13. The SMILES string of the molecule is CCC(C)C1OC(=O)C(C)(C)[C@@H](O)C(Cc2ccccc2)OC(=O)[C@H](C(C)C)OC(=O)[C@@H](NC(=O)c2cccc(NC=O)c2O)[C@@H](C)OC1=O. The number of ether oxygens (including phenoxy) is 4. The van der Waals surface area contributed by atoms with Crippen LogP contribution in [0.5, 0.6) is 5.75 Å². The highest BCUT2D eigenvalue weighted by Gasteiger charge is 2.47. The van der Waals surface area contributed by atoms with Crippen LogP contribution in [-0.2, 0) is 49.3 Å². The number of amides is 2. The number of benzene rings is 2. The Morgan fingerprint density at radius 2 is 1.54 bits per heavy atom. The Hall–Kier alpha value is -4.98. The number of aliphatic hydroxyl groups is 1. The first-order chi connectivity index (χ1) is 23.5. The molecule has 0 aliphatic carbocycles. The molecule has 1 aliphatic heterocycles. The van der Waals surface area contributed by atoms with Gasteiger partial charge in [0, 0.05) is 18.3 Å². The van der Waals surface area contributed by atoms with E-state index in [1.165, 1.54) is 39.0 Å². The van der Waals surface area contributed by atoms with Gasteiger partial charge in [0.25, 0.3) is 5.91 Å². The maximum atomic E-state index is 13.8. The number of carbonyl (C=O) groups excluding carboxylic acids is 6. The fraction of sp³-hybridized carbons (Fsp3) is 0.500. The molecular weight excluding hydrogens is 652 g/mol. The topological polar surface area (TPSA) is 204 Å². The normalized spacial score (nSPS) is 25.5. The predicted octanol–water partition coefficient (Wildman–Crippen LogP) is 3.07. The third kappa shape index (κ3) is 9.37. The number of para-hydroxylation sites is 1. The molecule has 7 atom stereocenters. The molecule has 0 bridgehead atoms. The van der Waals surface area contributed by atoms with E-state index in [-0.39, 0.29) is 17.7 Å². The van der Waals surface area contributed by atoms with Gasteiger partial charge in [-0.2, -0.15) is 0 Å². The number of aromatic hydroxyl groups is 1. The number of rotatable bonds is 9. The summed E-state index contributed by atoms with van der Waals surface area (Å²) < 4.78 is 22.7. The Bertz CT molecular complexity index is 1540. The maximum absolute atomic E-state index is 13.8. The van der Waals surface area contributed by atoms with E-state index in [0.29, 0.717) is 18.4 Å². The van der Waals surface area contributed by atoms with E-state index in [4.69, 9.17) is 18.9 Å². The number of esters is 4. The van der Waals surface area contributed by atoms with Crippen molar-refractivity contribution in [3.8, 4) is 5.75 Å². The van der Waals surface area contributed by atoms with Crippen LogP contribution in [0.4, 0.5) is 5.69 Å². The molecule has 1 heterocycles. The number of hydrogen-bond donors (Lipinski definition) is 4. The fourth-order valence-electron chi connectivity index (χ4n) is 5.21. The molecule has 3 unspecified atom stereocenters. The lowest BCUT2D eigenvalue weighted by Gasteiger charge is -2.35. The lowest BCUT2D eigenvalue weighted by atomic mass is 9.81. The largest absolute Gasteiger partial charge is 0.505 e. The van der Waals surface area contributed by atoms with Crippen molar-refractivity contribution < 1.29 is 57.9 Å². The van der Waals surface area contributed by atoms with Gasteiger partial charge in [0.1, 0.15) is 18.3 Å².